The Hall–Kier alpha value is -2.21. The van der Waals surface area contributed by atoms with Gasteiger partial charge in [0.25, 0.3) is 0 Å². The van der Waals surface area contributed by atoms with Gasteiger partial charge in [0.05, 0.1) is 6.61 Å². The number of halogens is 3. The van der Waals surface area contributed by atoms with E-state index in [1.54, 1.807) is 12.1 Å². The number of ketones is 1. The Kier molecular flexibility index (Phi) is 7.13. The molecule has 25 heavy (non-hydrogen) atoms. The van der Waals surface area contributed by atoms with Crippen LogP contribution in [0.15, 0.2) is 53.0 Å². The molecule has 6 heteroatoms. The summed E-state index contributed by atoms with van der Waals surface area (Å²) in [5.74, 6) is 0.300. The number of carbonyl (C=O) groups is 1. The first-order chi connectivity index (χ1) is 12.0. The first-order valence-electron chi connectivity index (χ1n) is 7.69. The van der Waals surface area contributed by atoms with E-state index in [4.69, 9.17) is 4.74 Å². The number of allylic oxidation sites excluding steroid dienone is 1. The van der Waals surface area contributed by atoms with Crippen molar-refractivity contribution in [2.24, 2.45) is 0 Å². The molecule has 0 heterocycles. The van der Waals surface area contributed by atoms with Gasteiger partial charge >= 0.3 is 6.61 Å². The van der Waals surface area contributed by atoms with Gasteiger partial charge in [-0.2, -0.15) is 8.78 Å². The topological polar surface area (TPSA) is 35.5 Å². The molecule has 0 atom stereocenters. The van der Waals surface area contributed by atoms with Gasteiger partial charge in [0.1, 0.15) is 11.5 Å². The number of carbonyl (C=O) groups excluding carboxylic acids is 1. The van der Waals surface area contributed by atoms with Crippen molar-refractivity contribution in [3.8, 4) is 11.5 Å². The second-order valence-corrected chi connectivity index (χ2v) is 6.05. The second kappa shape index (κ2) is 9.32. The number of hydrogen-bond donors (Lipinski definition) is 0. The molecule has 2 aromatic carbocycles. The highest BCUT2D eigenvalue weighted by atomic mass is 79.9. The van der Waals surface area contributed by atoms with Crippen molar-refractivity contribution in [3.05, 3.63) is 64.1 Å². The van der Waals surface area contributed by atoms with Crippen LogP contribution in [0.3, 0.4) is 0 Å². The molecule has 0 spiro atoms. The van der Waals surface area contributed by atoms with Crippen LogP contribution in [0.1, 0.15) is 29.3 Å². The summed E-state index contributed by atoms with van der Waals surface area (Å²) in [5, 5.41) is 0. The van der Waals surface area contributed by atoms with Crippen molar-refractivity contribution in [2.45, 2.75) is 20.0 Å². The van der Waals surface area contributed by atoms with Crippen LogP contribution in [0.25, 0.3) is 6.08 Å². The Balaban J connectivity index is 2.18. The normalized spacial score (nSPS) is 11.1. The van der Waals surface area contributed by atoms with E-state index in [2.05, 4.69) is 20.7 Å². The highest BCUT2D eigenvalue weighted by Gasteiger charge is 2.08. The van der Waals surface area contributed by atoms with E-state index in [9.17, 15) is 13.6 Å². The predicted molar refractivity (Wildman–Crippen MR) is 96.4 cm³/mol. The predicted octanol–water partition coefficient (Wildman–Crippen LogP) is 5.74. The molecule has 2 aromatic rings. The van der Waals surface area contributed by atoms with E-state index >= 15 is 0 Å². The van der Waals surface area contributed by atoms with Crippen LogP contribution in [-0.4, -0.2) is 19.0 Å². The van der Waals surface area contributed by atoms with Crippen molar-refractivity contribution in [2.75, 3.05) is 6.61 Å². The van der Waals surface area contributed by atoms with E-state index in [1.165, 1.54) is 24.3 Å². The molecule has 0 aliphatic heterocycles. The van der Waals surface area contributed by atoms with Gasteiger partial charge in [-0.15, -0.1) is 0 Å². The Morgan fingerprint density at radius 2 is 2.04 bits per heavy atom. The second-order valence-electron chi connectivity index (χ2n) is 5.13. The van der Waals surface area contributed by atoms with E-state index < -0.39 is 6.61 Å². The van der Waals surface area contributed by atoms with Crippen LogP contribution in [0, 0.1) is 0 Å². The van der Waals surface area contributed by atoms with Gasteiger partial charge in [-0.3, -0.25) is 4.79 Å². The fraction of sp³-hybridized carbons (Fsp3) is 0.211. The molecule has 0 saturated carbocycles. The smallest absolute Gasteiger partial charge is 0.387 e. The molecule has 0 unspecified atom stereocenters. The quantitative estimate of drug-likeness (QED) is 0.411. The van der Waals surface area contributed by atoms with E-state index in [0.29, 0.717) is 12.4 Å². The molecule has 0 N–H and O–H groups in total. The van der Waals surface area contributed by atoms with Gasteiger partial charge in [0.2, 0.25) is 0 Å². The first-order valence-corrected chi connectivity index (χ1v) is 8.48. The van der Waals surface area contributed by atoms with Crippen molar-refractivity contribution < 1.29 is 23.0 Å². The van der Waals surface area contributed by atoms with E-state index in [1.807, 2.05) is 25.1 Å². The van der Waals surface area contributed by atoms with Crippen LogP contribution >= 0.6 is 15.9 Å². The lowest BCUT2D eigenvalue weighted by Gasteiger charge is -2.08. The molecule has 0 amide bonds. The molecule has 0 aliphatic carbocycles. The molecule has 0 saturated heterocycles. The number of rotatable bonds is 8. The minimum Gasteiger partial charge on any atom is -0.493 e. The third kappa shape index (κ3) is 5.98. The summed E-state index contributed by atoms with van der Waals surface area (Å²) < 4.78 is 35.4. The van der Waals surface area contributed by atoms with Crippen molar-refractivity contribution in [1.82, 2.24) is 0 Å². The average molecular weight is 411 g/mol. The summed E-state index contributed by atoms with van der Waals surface area (Å²) in [6, 6.07) is 11.2. The van der Waals surface area contributed by atoms with Crippen LogP contribution in [-0.2, 0) is 0 Å². The van der Waals surface area contributed by atoms with Crippen LogP contribution in [0.4, 0.5) is 8.78 Å². The Morgan fingerprint density at radius 3 is 2.76 bits per heavy atom. The molecule has 0 aliphatic rings. The molecule has 0 radical (unpaired) electrons. The molecule has 132 valence electrons. The number of benzene rings is 2. The Labute approximate surface area is 153 Å². The average Bonchev–Trinajstić information content (AvgIpc) is 2.58. The summed E-state index contributed by atoms with van der Waals surface area (Å²) in [6.07, 6.45) is 3.88. The maximum Gasteiger partial charge on any atom is 0.387 e. The third-order valence-corrected chi connectivity index (χ3v) is 3.68. The summed E-state index contributed by atoms with van der Waals surface area (Å²) in [5.41, 5.74) is 1.01. The van der Waals surface area contributed by atoms with E-state index in [0.717, 1.165) is 16.5 Å². The zero-order chi connectivity index (χ0) is 18.2. The van der Waals surface area contributed by atoms with Crippen LogP contribution in [0.5, 0.6) is 11.5 Å². The summed E-state index contributed by atoms with van der Waals surface area (Å²) >= 11 is 3.39. The lowest BCUT2D eigenvalue weighted by Crippen LogP contribution is -2.03. The largest absolute Gasteiger partial charge is 0.493 e. The zero-order valence-corrected chi connectivity index (χ0v) is 15.1. The lowest BCUT2D eigenvalue weighted by atomic mass is 10.1. The highest BCUT2D eigenvalue weighted by Crippen LogP contribution is 2.25. The van der Waals surface area contributed by atoms with Gasteiger partial charge in [0.15, 0.2) is 5.78 Å². The molecular weight excluding hydrogens is 394 g/mol. The van der Waals surface area contributed by atoms with Crippen molar-refractivity contribution in [3.63, 3.8) is 0 Å². The summed E-state index contributed by atoms with van der Waals surface area (Å²) in [6.45, 7) is -0.351. The molecule has 0 fully saturated rings. The minimum absolute atomic E-state index is 0.0522. The summed E-state index contributed by atoms with van der Waals surface area (Å²) in [4.78, 5) is 12.3. The Morgan fingerprint density at radius 1 is 1.24 bits per heavy atom. The molecular formula is C19H17BrF2O3. The van der Waals surface area contributed by atoms with Gasteiger partial charge in [-0.25, -0.2) is 0 Å². The first kappa shape index (κ1) is 19.1. The van der Waals surface area contributed by atoms with Crippen LogP contribution < -0.4 is 9.47 Å². The fourth-order valence-electron chi connectivity index (χ4n) is 2.08. The molecule has 2 rings (SSSR count). The number of alkyl halides is 2. The summed E-state index contributed by atoms with van der Waals surface area (Å²) in [7, 11) is 0. The number of hydrogen-bond acceptors (Lipinski definition) is 3. The minimum atomic E-state index is -2.93. The van der Waals surface area contributed by atoms with E-state index in [-0.39, 0.29) is 17.1 Å². The zero-order valence-electron chi connectivity index (χ0n) is 13.5. The third-order valence-electron chi connectivity index (χ3n) is 3.19. The lowest BCUT2D eigenvalue weighted by molar-refractivity contribution is -0.0498. The van der Waals surface area contributed by atoms with Gasteiger partial charge in [-0.05, 0) is 48.9 Å². The number of ether oxygens (including phenoxy) is 2. The van der Waals surface area contributed by atoms with Gasteiger partial charge < -0.3 is 9.47 Å². The maximum atomic E-state index is 12.3. The van der Waals surface area contributed by atoms with Crippen molar-refractivity contribution in [1.29, 1.82) is 0 Å². The van der Waals surface area contributed by atoms with Crippen molar-refractivity contribution >= 4 is 27.8 Å². The molecule has 0 aromatic heterocycles. The standard InChI is InChI=1S/C19H17BrF2O3/c1-2-10-24-18-9-7-15(20)11-14(18)6-8-17(23)13-4-3-5-16(12-13)25-19(21)22/h3-9,11-12,19H,2,10H2,1H3/b8-6+. The SMILES string of the molecule is CCCOc1ccc(Br)cc1/C=C/C(=O)c1cccc(OC(F)F)c1. The van der Waals surface area contributed by atoms with Gasteiger partial charge in [0, 0.05) is 15.6 Å². The molecule has 0 bridgehead atoms. The maximum absolute atomic E-state index is 12.3. The molecule has 3 nitrogen and oxygen atoms in total. The fourth-order valence-corrected chi connectivity index (χ4v) is 2.46. The monoisotopic (exact) mass is 410 g/mol. The van der Waals surface area contributed by atoms with Gasteiger partial charge in [-0.1, -0.05) is 35.0 Å². The highest BCUT2D eigenvalue weighted by molar-refractivity contribution is 9.10. The van der Waals surface area contributed by atoms with Crippen LogP contribution in [0.2, 0.25) is 0 Å². The Bertz CT molecular complexity index is 760.